The second-order valence-electron chi connectivity index (χ2n) is 6.78. The molecule has 30 heavy (non-hydrogen) atoms. The van der Waals surface area contributed by atoms with E-state index in [4.69, 9.17) is 14.2 Å². The molecule has 0 aliphatic carbocycles. The Kier molecular flexibility index (Phi) is 7.61. The fourth-order valence-electron chi connectivity index (χ4n) is 3.43. The number of para-hydroxylation sites is 1. The van der Waals surface area contributed by atoms with Gasteiger partial charge < -0.3 is 30.2 Å². The zero-order valence-electron chi connectivity index (χ0n) is 16.6. The number of ether oxygens (including phenoxy) is 3. The maximum atomic E-state index is 11.9. The number of halogens is 1. The van der Waals surface area contributed by atoms with Gasteiger partial charge in [-0.05, 0) is 23.8 Å². The van der Waals surface area contributed by atoms with Gasteiger partial charge in [0.1, 0.15) is 12.4 Å². The van der Waals surface area contributed by atoms with Crippen LogP contribution < -0.4 is 30.2 Å². The topological polar surface area (TPSA) is 93.2 Å². The summed E-state index contributed by atoms with van der Waals surface area (Å²) >= 11 is 0. The van der Waals surface area contributed by atoms with Crippen LogP contribution >= 0.6 is 24.0 Å². The van der Waals surface area contributed by atoms with Gasteiger partial charge in [0.05, 0.1) is 6.54 Å². The highest BCUT2D eigenvalue weighted by molar-refractivity contribution is 14.0. The quantitative estimate of drug-likeness (QED) is 0.233. The zero-order chi connectivity index (χ0) is 20.1. The van der Waals surface area contributed by atoms with Gasteiger partial charge in [-0.3, -0.25) is 9.79 Å². The molecule has 1 atom stereocenters. The van der Waals surface area contributed by atoms with Gasteiger partial charge in [-0.25, -0.2) is 0 Å². The van der Waals surface area contributed by atoms with E-state index in [1.807, 2.05) is 36.4 Å². The third-order valence-electron chi connectivity index (χ3n) is 4.85. The molecule has 2 aromatic rings. The molecule has 0 radical (unpaired) electrons. The van der Waals surface area contributed by atoms with Crippen molar-refractivity contribution in [3.63, 3.8) is 0 Å². The first-order valence-corrected chi connectivity index (χ1v) is 9.58. The molecule has 2 aliphatic rings. The molecule has 0 fully saturated rings. The van der Waals surface area contributed by atoms with Gasteiger partial charge in [0, 0.05) is 37.7 Å². The minimum Gasteiger partial charge on any atom is -0.492 e. The van der Waals surface area contributed by atoms with E-state index in [-0.39, 0.29) is 42.6 Å². The highest BCUT2D eigenvalue weighted by atomic mass is 127. The van der Waals surface area contributed by atoms with Crippen molar-refractivity contribution in [1.82, 2.24) is 10.6 Å². The number of carbonyl (C=O) groups is 1. The molecule has 2 aliphatic heterocycles. The summed E-state index contributed by atoms with van der Waals surface area (Å²) in [5.74, 6) is 2.97. The van der Waals surface area contributed by atoms with Gasteiger partial charge in [-0.2, -0.15) is 0 Å². The van der Waals surface area contributed by atoms with E-state index in [0.717, 1.165) is 22.7 Å². The summed E-state index contributed by atoms with van der Waals surface area (Å²) < 4.78 is 16.4. The van der Waals surface area contributed by atoms with E-state index in [0.29, 0.717) is 37.8 Å². The summed E-state index contributed by atoms with van der Waals surface area (Å²) in [5.41, 5.74) is 2.02. The molecule has 0 aromatic heterocycles. The van der Waals surface area contributed by atoms with E-state index in [2.05, 4.69) is 27.0 Å². The first-order valence-electron chi connectivity index (χ1n) is 9.58. The van der Waals surface area contributed by atoms with E-state index >= 15 is 0 Å². The summed E-state index contributed by atoms with van der Waals surface area (Å²) in [5, 5.41) is 9.44. The maximum Gasteiger partial charge on any atom is 0.231 e. The number of hydrogen-bond donors (Lipinski definition) is 3. The van der Waals surface area contributed by atoms with Crippen LogP contribution in [0.1, 0.15) is 17.9 Å². The SMILES string of the molecule is CN=C(NCCOc1ccc2c(c1)OCO2)NCC1CC(=O)Nc2ccccc21.I. The Labute approximate surface area is 192 Å². The lowest BCUT2D eigenvalue weighted by Gasteiger charge is -2.26. The lowest BCUT2D eigenvalue weighted by Crippen LogP contribution is -2.42. The second-order valence-corrected chi connectivity index (χ2v) is 6.78. The molecule has 8 nitrogen and oxygen atoms in total. The third-order valence-corrected chi connectivity index (χ3v) is 4.85. The highest BCUT2D eigenvalue weighted by Crippen LogP contribution is 2.35. The van der Waals surface area contributed by atoms with Crippen LogP contribution in [0.2, 0.25) is 0 Å². The summed E-state index contributed by atoms with van der Waals surface area (Å²) in [7, 11) is 1.72. The lowest BCUT2D eigenvalue weighted by atomic mass is 9.90. The van der Waals surface area contributed by atoms with Crippen molar-refractivity contribution in [2.24, 2.45) is 4.99 Å². The fraction of sp³-hybridized carbons (Fsp3) is 0.333. The average molecular weight is 524 g/mol. The molecule has 1 amide bonds. The number of aliphatic imine (C=N–C) groups is 1. The Morgan fingerprint density at radius 2 is 2.03 bits per heavy atom. The van der Waals surface area contributed by atoms with Crippen LogP contribution in [0, 0.1) is 0 Å². The van der Waals surface area contributed by atoms with Crippen LogP contribution in [-0.4, -0.2) is 45.4 Å². The van der Waals surface area contributed by atoms with Crippen molar-refractivity contribution in [2.45, 2.75) is 12.3 Å². The van der Waals surface area contributed by atoms with Crippen LogP contribution in [0.25, 0.3) is 0 Å². The predicted molar refractivity (Wildman–Crippen MR) is 125 cm³/mol. The summed E-state index contributed by atoms with van der Waals surface area (Å²) in [6.45, 7) is 1.91. The molecule has 3 N–H and O–H groups in total. The Bertz CT molecular complexity index is 922. The number of nitrogens with zero attached hydrogens (tertiary/aromatic N) is 1. The second kappa shape index (κ2) is 10.4. The van der Waals surface area contributed by atoms with Gasteiger partial charge in [0.15, 0.2) is 17.5 Å². The van der Waals surface area contributed by atoms with E-state index in [1.165, 1.54) is 0 Å². The summed E-state index contributed by atoms with van der Waals surface area (Å²) in [4.78, 5) is 16.2. The van der Waals surface area contributed by atoms with Crippen LogP contribution in [0.3, 0.4) is 0 Å². The number of amides is 1. The standard InChI is InChI=1S/C21H24N4O4.HI/c1-22-21(23-8-9-27-15-6-7-18-19(11-15)29-13-28-18)24-12-14-10-20(26)25-17-5-3-2-4-16(14)17;/h2-7,11,14H,8-10,12-13H2,1H3,(H,25,26)(H2,22,23,24);1H. The number of rotatable bonds is 6. The van der Waals surface area contributed by atoms with E-state index in [9.17, 15) is 4.79 Å². The monoisotopic (exact) mass is 524 g/mol. The smallest absolute Gasteiger partial charge is 0.231 e. The average Bonchev–Trinajstić information content (AvgIpc) is 3.21. The van der Waals surface area contributed by atoms with Crippen molar-refractivity contribution < 1.29 is 19.0 Å². The molecule has 1 unspecified atom stereocenters. The minimum absolute atomic E-state index is 0. The Balaban J connectivity index is 0.00000256. The van der Waals surface area contributed by atoms with Crippen LogP contribution in [0.4, 0.5) is 5.69 Å². The zero-order valence-corrected chi connectivity index (χ0v) is 19.0. The maximum absolute atomic E-state index is 11.9. The molecule has 2 aromatic carbocycles. The highest BCUT2D eigenvalue weighted by Gasteiger charge is 2.24. The number of guanidine groups is 1. The van der Waals surface area contributed by atoms with Crippen molar-refractivity contribution in [3.8, 4) is 17.2 Å². The van der Waals surface area contributed by atoms with E-state index < -0.39 is 0 Å². The van der Waals surface area contributed by atoms with Crippen LogP contribution in [0.15, 0.2) is 47.5 Å². The lowest BCUT2D eigenvalue weighted by molar-refractivity contribution is -0.116. The van der Waals surface area contributed by atoms with Crippen LogP contribution in [-0.2, 0) is 4.79 Å². The third kappa shape index (κ3) is 5.26. The first-order chi connectivity index (χ1) is 14.2. The molecule has 160 valence electrons. The predicted octanol–water partition coefficient (Wildman–Crippen LogP) is 2.70. The number of nitrogens with one attached hydrogen (secondary N) is 3. The van der Waals surface area contributed by atoms with E-state index in [1.54, 1.807) is 7.05 Å². The Hall–Kier alpha value is -2.69. The molecule has 9 heteroatoms. The van der Waals surface area contributed by atoms with Gasteiger partial charge in [0.2, 0.25) is 12.7 Å². The fourth-order valence-corrected chi connectivity index (χ4v) is 3.43. The molecule has 0 bridgehead atoms. The van der Waals surface area contributed by atoms with Gasteiger partial charge >= 0.3 is 0 Å². The largest absolute Gasteiger partial charge is 0.492 e. The molecule has 0 spiro atoms. The molecule has 2 heterocycles. The van der Waals surface area contributed by atoms with Crippen molar-refractivity contribution in [3.05, 3.63) is 48.0 Å². The van der Waals surface area contributed by atoms with Gasteiger partial charge in [0.25, 0.3) is 0 Å². The van der Waals surface area contributed by atoms with Gasteiger partial charge in [-0.15, -0.1) is 24.0 Å². The first kappa shape index (κ1) is 22.0. The Morgan fingerprint density at radius 3 is 2.90 bits per heavy atom. The normalized spacial score (nSPS) is 16.8. The van der Waals surface area contributed by atoms with Crippen molar-refractivity contribution >= 4 is 41.5 Å². The molecular weight excluding hydrogens is 499 g/mol. The molecular formula is C21H25IN4O4. The summed E-state index contributed by atoms with van der Waals surface area (Å²) in [6, 6.07) is 13.4. The molecule has 4 rings (SSSR count). The Morgan fingerprint density at radius 1 is 1.20 bits per heavy atom. The number of benzene rings is 2. The number of fused-ring (bicyclic) bond motifs is 2. The summed E-state index contributed by atoms with van der Waals surface area (Å²) in [6.07, 6.45) is 0.453. The van der Waals surface area contributed by atoms with Gasteiger partial charge in [-0.1, -0.05) is 18.2 Å². The molecule has 0 saturated heterocycles. The number of hydrogen-bond acceptors (Lipinski definition) is 5. The minimum atomic E-state index is 0. The van der Waals surface area contributed by atoms with Crippen molar-refractivity contribution in [1.29, 1.82) is 0 Å². The molecule has 0 saturated carbocycles. The number of carbonyl (C=O) groups excluding carboxylic acids is 1. The van der Waals surface area contributed by atoms with Crippen molar-refractivity contribution in [2.75, 3.05) is 38.9 Å². The van der Waals surface area contributed by atoms with Crippen LogP contribution in [0.5, 0.6) is 17.2 Å². The number of anilines is 1.